The van der Waals surface area contributed by atoms with Crippen LogP contribution in [0.25, 0.3) is 0 Å². The Labute approximate surface area is 353 Å². The average Bonchev–Trinajstić information content (AvgIpc) is 3.67. The molecule has 4 heterocycles. The van der Waals surface area contributed by atoms with E-state index in [1.807, 2.05) is 88.4 Å². The molecular weight excluding hydrogens is 773 g/mol. The summed E-state index contributed by atoms with van der Waals surface area (Å²) in [5.74, 6) is -1.79. The van der Waals surface area contributed by atoms with Gasteiger partial charge in [0.1, 0.15) is 24.4 Å². The molecule has 4 saturated heterocycles. The second-order valence-electron chi connectivity index (χ2n) is 18.5. The van der Waals surface area contributed by atoms with Crippen molar-refractivity contribution in [3.63, 3.8) is 0 Å². The molecule has 4 aliphatic rings. The minimum Gasteiger partial charge on any atom is -0.454 e. The van der Waals surface area contributed by atoms with Gasteiger partial charge in [0.15, 0.2) is 30.3 Å². The largest absolute Gasteiger partial charge is 0.454 e. The van der Waals surface area contributed by atoms with Gasteiger partial charge in [0.25, 0.3) is 0 Å². The van der Waals surface area contributed by atoms with E-state index in [1.54, 1.807) is 0 Å². The highest BCUT2D eigenvalue weighted by Crippen LogP contribution is 2.47. The van der Waals surface area contributed by atoms with Gasteiger partial charge in [-0.3, -0.25) is 4.79 Å². The molecule has 0 bridgehead atoms. The lowest BCUT2D eigenvalue weighted by Crippen LogP contribution is -2.63. The third-order valence-electron chi connectivity index (χ3n) is 12.7. The van der Waals surface area contributed by atoms with Crippen molar-refractivity contribution in [2.45, 2.75) is 180 Å². The summed E-state index contributed by atoms with van der Waals surface area (Å²) < 4.78 is 73.0. The number of carbonyl (C=O) groups excluding carboxylic acids is 1. The van der Waals surface area contributed by atoms with Crippen molar-refractivity contribution in [3.8, 4) is 0 Å². The second-order valence-corrected chi connectivity index (χ2v) is 23.9. The van der Waals surface area contributed by atoms with Gasteiger partial charge in [0, 0.05) is 12.8 Å². The standard InChI is InChI=1S/C46H70O12Si/c1-28(2)59(29(3)4,30(5)6)58-44-41-39(56-45(11,12)57-41)38(33(9)52-44)54-43-40(49-25-36-21-17-14-18-22-36)37(31(7)23-50-43)53-42-32(8)46(27-51-42,55-34(10)47)26-48-24-35-19-15-13-16-20-35/h13-22,28-33,37-44H,23-27H2,1-12H3/t31-,32?,33?,37?,38+,39?,40-,41+,42+,43+,44+,46+/m1/s1. The van der Waals surface area contributed by atoms with E-state index in [-0.39, 0.29) is 25.0 Å². The van der Waals surface area contributed by atoms with Gasteiger partial charge in [-0.2, -0.15) is 0 Å². The molecule has 13 heteroatoms. The molecule has 2 aromatic carbocycles. The normalized spacial score (nSPS) is 34.7. The van der Waals surface area contributed by atoms with E-state index in [0.717, 1.165) is 11.1 Å². The molecule has 0 amide bonds. The fourth-order valence-electron chi connectivity index (χ4n) is 9.73. The molecule has 0 aromatic heterocycles. The summed E-state index contributed by atoms with van der Waals surface area (Å²) in [6, 6.07) is 19.9. The minimum atomic E-state index is -2.36. The minimum absolute atomic E-state index is 0.110. The van der Waals surface area contributed by atoms with Crippen LogP contribution in [0.2, 0.25) is 16.6 Å². The first-order chi connectivity index (χ1) is 28.0. The Kier molecular flexibility index (Phi) is 15.2. The van der Waals surface area contributed by atoms with Crippen LogP contribution < -0.4 is 0 Å². The van der Waals surface area contributed by atoms with Gasteiger partial charge in [-0.1, -0.05) is 116 Å². The van der Waals surface area contributed by atoms with Crippen LogP contribution in [0.5, 0.6) is 0 Å². The predicted octanol–water partition coefficient (Wildman–Crippen LogP) is 8.30. The molecule has 2 aromatic rings. The van der Waals surface area contributed by atoms with Crippen LogP contribution in [-0.4, -0.2) is 101 Å². The fourth-order valence-corrected chi connectivity index (χ4v) is 15.1. The molecule has 0 aliphatic carbocycles. The van der Waals surface area contributed by atoms with E-state index >= 15 is 0 Å². The maximum absolute atomic E-state index is 12.5. The Bertz CT molecular complexity index is 1600. The van der Waals surface area contributed by atoms with Crippen molar-refractivity contribution in [1.82, 2.24) is 0 Å². The maximum atomic E-state index is 12.5. The summed E-state index contributed by atoms with van der Waals surface area (Å²) in [6.45, 7) is 26.1. The SMILES string of the molecule is CC(=O)O[C@@]1(COCc2ccccc2)CO[C@@H](OC2[C@H](C)CO[C@@H](O[C@H]3C(C)O[C@@H](O[Si](C(C)C)(C(C)C)C(C)C)[C@H]4OC(C)(C)OC34)[C@@H]2OCc2ccccc2)C1C. The summed E-state index contributed by atoms with van der Waals surface area (Å²) in [5, 5.41) is 0. The molecule has 0 saturated carbocycles. The molecule has 330 valence electrons. The van der Waals surface area contributed by atoms with Crippen molar-refractivity contribution in [3.05, 3.63) is 71.8 Å². The van der Waals surface area contributed by atoms with Crippen LogP contribution in [0.1, 0.15) is 94.2 Å². The van der Waals surface area contributed by atoms with Crippen LogP contribution in [0.3, 0.4) is 0 Å². The first-order valence-electron chi connectivity index (χ1n) is 21.7. The van der Waals surface area contributed by atoms with Gasteiger partial charge in [-0.15, -0.1) is 0 Å². The third kappa shape index (κ3) is 10.3. The zero-order chi connectivity index (χ0) is 42.7. The van der Waals surface area contributed by atoms with Gasteiger partial charge >= 0.3 is 5.97 Å². The average molecular weight is 843 g/mol. The molecule has 4 fully saturated rings. The monoisotopic (exact) mass is 842 g/mol. The summed E-state index contributed by atoms with van der Waals surface area (Å²) in [6.07, 6.45) is -5.49. The van der Waals surface area contributed by atoms with Crippen LogP contribution in [0.15, 0.2) is 60.7 Å². The Morgan fingerprint density at radius 2 is 1.32 bits per heavy atom. The second kappa shape index (κ2) is 19.4. The number of fused-ring (bicyclic) bond motifs is 1. The van der Waals surface area contributed by atoms with E-state index in [2.05, 4.69) is 48.5 Å². The predicted molar refractivity (Wildman–Crippen MR) is 223 cm³/mol. The molecule has 12 atom stereocenters. The molecule has 12 nitrogen and oxygen atoms in total. The Balaban J connectivity index is 1.23. The highest BCUT2D eigenvalue weighted by molar-refractivity contribution is 6.77. The fraction of sp³-hybridized carbons (Fsp3) is 0.717. The molecule has 0 radical (unpaired) electrons. The number of carbonyl (C=O) groups is 1. The van der Waals surface area contributed by atoms with Crippen LogP contribution in [-0.2, 0) is 69.8 Å². The summed E-state index contributed by atoms with van der Waals surface area (Å²) >= 11 is 0. The van der Waals surface area contributed by atoms with Gasteiger partial charge in [-0.25, -0.2) is 0 Å². The summed E-state index contributed by atoms with van der Waals surface area (Å²) in [5.41, 5.74) is 2.03. The number of hydrogen-bond acceptors (Lipinski definition) is 12. The molecular formula is C46H70O12Si. The molecule has 4 aliphatic heterocycles. The molecule has 59 heavy (non-hydrogen) atoms. The molecule has 6 rings (SSSR count). The maximum Gasteiger partial charge on any atom is 0.303 e. The van der Waals surface area contributed by atoms with Gasteiger partial charge in [0.2, 0.25) is 8.32 Å². The first-order valence-corrected chi connectivity index (χ1v) is 23.8. The van der Waals surface area contributed by atoms with Crippen molar-refractivity contribution in [1.29, 1.82) is 0 Å². The van der Waals surface area contributed by atoms with E-state index in [4.69, 9.17) is 51.8 Å². The number of benzene rings is 2. The van der Waals surface area contributed by atoms with Crippen molar-refractivity contribution < 1.29 is 56.6 Å². The van der Waals surface area contributed by atoms with Crippen LogP contribution in [0, 0.1) is 11.8 Å². The van der Waals surface area contributed by atoms with E-state index < -0.39 is 81.2 Å². The number of ether oxygens (including phenoxy) is 10. The van der Waals surface area contributed by atoms with Crippen molar-refractivity contribution in [2.24, 2.45) is 11.8 Å². The lowest BCUT2D eigenvalue weighted by atomic mass is 9.91. The summed E-state index contributed by atoms with van der Waals surface area (Å²) in [7, 11) is -2.36. The molecule has 0 spiro atoms. The van der Waals surface area contributed by atoms with Crippen LogP contribution >= 0.6 is 0 Å². The highest BCUT2D eigenvalue weighted by Gasteiger charge is 2.60. The molecule has 0 N–H and O–H groups in total. The van der Waals surface area contributed by atoms with Crippen molar-refractivity contribution in [2.75, 3.05) is 19.8 Å². The highest BCUT2D eigenvalue weighted by atomic mass is 28.4. The van der Waals surface area contributed by atoms with Gasteiger partial charge < -0.3 is 51.8 Å². The van der Waals surface area contributed by atoms with Gasteiger partial charge in [-0.05, 0) is 48.5 Å². The number of rotatable bonds is 17. The smallest absolute Gasteiger partial charge is 0.303 e. The van der Waals surface area contributed by atoms with Crippen LogP contribution in [0.4, 0.5) is 0 Å². The molecule has 4 unspecified atom stereocenters. The Morgan fingerprint density at radius 3 is 1.92 bits per heavy atom. The first kappa shape index (κ1) is 46.2. The zero-order valence-corrected chi connectivity index (χ0v) is 38.3. The van der Waals surface area contributed by atoms with E-state index in [1.165, 1.54) is 6.92 Å². The number of hydrogen-bond donors (Lipinski definition) is 0. The van der Waals surface area contributed by atoms with E-state index in [0.29, 0.717) is 36.4 Å². The van der Waals surface area contributed by atoms with E-state index in [9.17, 15) is 4.79 Å². The number of esters is 1. The Morgan fingerprint density at radius 1 is 0.746 bits per heavy atom. The summed E-state index contributed by atoms with van der Waals surface area (Å²) in [4.78, 5) is 12.5. The Hall–Kier alpha value is -2.27. The topological polar surface area (TPSA) is 119 Å². The quantitative estimate of drug-likeness (QED) is 0.113. The van der Waals surface area contributed by atoms with Crippen molar-refractivity contribution >= 4 is 14.3 Å². The lowest BCUT2D eigenvalue weighted by molar-refractivity contribution is -0.339. The zero-order valence-electron chi connectivity index (χ0n) is 37.3. The lowest BCUT2D eigenvalue weighted by Gasteiger charge is -2.50. The van der Waals surface area contributed by atoms with Gasteiger partial charge in [0.05, 0.1) is 51.2 Å². The third-order valence-corrected chi connectivity index (χ3v) is 18.7.